The molecule has 3 heterocycles. The van der Waals surface area contributed by atoms with Gasteiger partial charge in [-0.15, -0.1) is 0 Å². The number of carbonyl (C=O) groups excluding carboxylic acids is 2. The van der Waals surface area contributed by atoms with Crippen molar-refractivity contribution < 1.29 is 14.3 Å². The van der Waals surface area contributed by atoms with Crippen LogP contribution >= 0.6 is 0 Å². The Labute approximate surface area is 147 Å². The van der Waals surface area contributed by atoms with Crippen LogP contribution in [0.1, 0.15) is 31.2 Å². The molecule has 3 atom stereocenters. The van der Waals surface area contributed by atoms with Crippen LogP contribution in [-0.2, 0) is 19.7 Å². The minimum absolute atomic E-state index is 0.184. The number of methoxy groups -OCH3 is 1. The van der Waals surface area contributed by atoms with Gasteiger partial charge in [-0.1, -0.05) is 18.2 Å². The molecule has 1 unspecified atom stereocenters. The van der Waals surface area contributed by atoms with Gasteiger partial charge in [0.2, 0.25) is 0 Å². The third-order valence-electron chi connectivity index (χ3n) is 6.62. The van der Waals surface area contributed by atoms with Crippen molar-refractivity contribution in [3.05, 3.63) is 41.1 Å². The number of Topliss-reactive ketones (excluding diaryl/α,β-unsaturated/α-hetero) is 1. The SMILES string of the molecule is COC(=O)C1=C2Nc3ccccc3C23CCN2CCC(=O)C[C@H](C1)[C@@H]23. The fourth-order valence-corrected chi connectivity index (χ4v) is 5.77. The molecule has 0 bridgehead atoms. The van der Waals surface area contributed by atoms with Crippen LogP contribution in [-0.4, -0.2) is 42.9 Å². The number of benzene rings is 1. The van der Waals surface area contributed by atoms with E-state index in [9.17, 15) is 9.59 Å². The number of para-hydroxylation sites is 1. The Bertz CT molecular complexity index is 815. The van der Waals surface area contributed by atoms with Crippen molar-refractivity contribution in [3.63, 3.8) is 0 Å². The molecular weight excluding hydrogens is 316 g/mol. The maximum absolute atomic E-state index is 12.6. The van der Waals surface area contributed by atoms with Crippen molar-refractivity contribution in [3.8, 4) is 0 Å². The van der Waals surface area contributed by atoms with Crippen LogP contribution in [0.5, 0.6) is 0 Å². The van der Waals surface area contributed by atoms with Crippen LogP contribution < -0.4 is 5.32 Å². The van der Waals surface area contributed by atoms with E-state index in [2.05, 4.69) is 28.4 Å². The van der Waals surface area contributed by atoms with E-state index in [0.717, 1.165) is 36.5 Å². The molecule has 2 saturated heterocycles. The van der Waals surface area contributed by atoms with Gasteiger partial charge in [0.1, 0.15) is 5.78 Å². The molecule has 130 valence electrons. The Morgan fingerprint density at radius 3 is 2.96 bits per heavy atom. The number of hydrogen-bond donors (Lipinski definition) is 1. The minimum atomic E-state index is -0.261. The molecule has 1 spiro atoms. The summed E-state index contributed by atoms with van der Waals surface area (Å²) < 4.78 is 5.10. The lowest BCUT2D eigenvalue weighted by atomic mass is 9.62. The summed E-state index contributed by atoms with van der Waals surface area (Å²) in [5.41, 5.74) is 3.93. The molecule has 0 aromatic heterocycles. The smallest absolute Gasteiger partial charge is 0.335 e. The van der Waals surface area contributed by atoms with Crippen LogP contribution in [0.3, 0.4) is 0 Å². The number of ether oxygens (including phenoxy) is 1. The van der Waals surface area contributed by atoms with E-state index in [0.29, 0.717) is 31.1 Å². The molecule has 1 aromatic carbocycles. The van der Waals surface area contributed by atoms with Crippen LogP contribution in [0.4, 0.5) is 5.69 Å². The van der Waals surface area contributed by atoms with Crippen molar-refractivity contribution in [2.75, 3.05) is 25.5 Å². The number of nitrogens with one attached hydrogen (secondary N) is 1. The van der Waals surface area contributed by atoms with Crippen LogP contribution in [0.2, 0.25) is 0 Å². The number of rotatable bonds is 1. The summed E-state index contributed by atoms with van der Waals surface area (Å²) in [5.74, 6) is 0.244. The molecule has 1 aliphatic carbocycles. The average Bonchev–Trinajstić information content (AvgIpc) is 3.12. The molecule has 5 heteroatoms. The standard InChI is InChI=1S/C20H22N2O3/c1-25-19(24)14-11-12-10-13(23)6-8-22-9-7-20(18(12)22)15-4-2-3-5-16(15)21-17(14)20/h2-5,12,18,21H,6-11H2,1H3/t12-,18-,20?/m1/s1. The molecule has 4 aliphatic rings. The first-order valence-corrected chi connectivity index (χ1v) is 9.09. The first kappa shape index (κ1) is 15.1. The third kappa shape index (κ3) is 1.87. The quantitative estimate of drug-likeness (QED) is 0.796. The number of carbonyl (C=O) groups is 2. The molecular formula is C20H22N2O3. The first-order chi connectivity index (χ1) is 12.1. The summed E-state index contributed by atoms with van der Waals surface area (Å²) in [4.78, 5) is 27.4. The lowest BCUT2D eigenvalue weighted by molar-refractivity contribution is -0.137. The van der Waals surface area contributed by atoms with Gasteiger partial charge in [-0.2, -0.15) is 0 Å². The maximum atomic E-state index is 12.6. The normalized spacial score (nSPS) is 33.2. The predicted molar refractivity (Wildman–Crippen MR) is 93.1 cm³/mol. The van der Waals surface area contributed by atoms with Crippen molar-refractivity contribution in [2.24, 2.45) is 5.92 Å². The van der Waals surface area contributed by atoms with E-state index < -0.39 is 0 Å². The van der Waals surface area contributed by atoms with Gasteiger partial charge in [0.25, 0.3) is 0 Å². The summed E-state index contributed by atoms with van der Waals surface area (Å²) in [7, 11) is 1.44. The van der Waals surface area contributed by atoms with Gasteiger partial charge in [0, 0.05) is 36.8 Å². The molecule has 1 N–H and O–H groups in total. The van der Waals surface area contributed by atoms with E-state index in [-0.39, 0.29) is 17.3 Å². The zero-order valence-electron chi connectivity index (χ0n) is 14.4. The fraction of sp³-hybridized carbons (Fsp3) is 0.500. The van der Waals surface area contributed by atoms with Crippen LogP contribution in [0.25, 0.3) is 0 Å². The second-order valence-electron chi connectivity index (χ2n) is 7.67. The highest BCUT2D eigenvalue weighted by Crippen LogP contribution is 2.59. The molecule has 3 aliphatic heterocycles. The van der Waals surface area contributed by atoms with Gasteiger partial charge in [0.15, 0.2) is 0 Å². The fourth-order valence-electron chi connectivity index (χ4n) is 5.77. The Morgan fingerprint density at radius 1 is 1.28 bits per heavy atom. The van der Waals surface area contributed by atoms with Crippen molar-refractivity contribution in [1.82, 2.24) is 4.90 Å². The molecule has 5 rings (SSSR count). The van der Waals surface area contributed by atoms with Crippen molar-refractivity contribution >= 4 is 17.4 Å². The number of fused-ring (bicyclic) bond motifs is 1. The predicted octanol–water partition coefficient (Wildman–Crippen LogP) is 2.23. The summed E-state index contributed by atoms with van der Waals surface area (Å²) in [6, 6.07) is 8.66. The lowest BCUT2D eigenvalue weighted by Gasteiger charge is -2.44. The number of ketones is 1. The monoisotopic (exact) mass is 338 g/mol. The Hall–Kier alpha value is -2.14. The van der Waals surface area contributed by atoms with E-state index >= 15 is 0 Å². The highest BCUT2D eigenvalue weighted by Gasteiger charge is 2.61. The topological polar surface area (TPSA) is 58.6 Å². The van der Waals surface area contributed by atoms with Crippen LogP contribution in [0.15, 0.2) is 35.5 Å². The van der Waals surface area contributed by atoms with Crippen molar-refractivity contribution in [2.45, 2.75) is 37.1 Å². The van der Waals surface area contributed by atoms with Crippen molar-refractivity contribution in [1.29, 1.82) is 0 Å². The zero-order chi connectivity index (χ0) is 17.2. The number of hydrogen-bond acceptors (Lipinski definition) is 5. The maximum Gasteiger partial charge on any atom is 0.335 e. The average molecular weight is 338 g/mol. The summed E-state index contributed by atoms with van der Waals surface area (Å²) >= 11 is 0. The van der Waals surface area contributed by atoms with E-state index in [1.165, 1.54) is 12.7 Å². The molecule has 25 heavy (non-hydrogen) atoms. The minimum Gasteiger partial charge on any atom is -0.466 e. The molecule has 0 amide bonds. The van der Waals surface area contributed by atoms with Gasteiger partial charge in [-0.3, -0.25) is 9.69 Å². The Balaban J connectivity index is 1.76. The summed E-state index contributed by atoms with van der Waals surface area (Å²) in [5, 5.41) is 3.55. The third-order valence-corrected chi connectivity index (χ3v) is 6.62. The Kier molecular flexibility index (Phi) is 3.14. The summed E-state index contributed by atoms with van der Waals surface area (Å²) in [6.07, 6.45) is 2.81. The molecule has 5 nitrogen and oxygen atoms in total. The number of esters is 1. The summed E-state index contributed by atoms with van der Waals surface area (Å²) in [6.45, 7) is 1.81. The zero-order valence-corrected chi connectivity index (χ0v) is 14.4. The lowest BCUT2D eigenvalue weighted by Crippen LogP contribution is -2.51. The largest absolute Gasteiger partial charge is 0.466 e. The molecule has 0 saturated carbocycles. The van der Waals surface area contributed by atoms with Gasteiger partial charge in [0.05, 0.1) is 18.1 Å². The first-order valence-electron chi connectivity index (χ1n) is 9.09. The van der Waals surface area contributed by atoms with Gasteiger partial charge < -0.3 is 10.1 Å². The second-order valence-corrected chi connectivity index (χ2v) is 7.67. The molecule has 1 aromatic rings. The van der Waals surface area contributed by atoms with E-state index in [4.69, 9.17) is 4.74 Å². The van der Waals surface area contributed by atoms with Gasteiger partial charge >= 0.3 is 5.97 Å². The molecule has 2 fully saturated rings. The number of anilines is 1. The van der Waals surface area contributed by atoms with Crippen LogP contribution in [0, 0.1) is 5.92 Å². The van der Waals surface area contributed by atoms with E-state index in [1.807, 2.05) is 6.07 Å². The highest BCUT2D eigenvalue weighted by atomic mass is 16.5. The molecule has 0 radical (unpaired) electrons. The highest BCUT2D eigenvalue weighted by molar-refractivity contribution is 5.93. The Morgan fingerprint density at radius 2 is 2.12 bits per heavy atom. The van der Waals surface area contributed by atoms with Gasteiger partial charge in [-0.05, 0) is 36.9 Å². The van der Waals surface area contributed by atoms with Gasteiger partial charge in [-0.25, -0.2) is 4.79 Å². The van der Waals surface area contributed by atoms with E-state index in [1.54, 1.807) is 0 Å². The number of nitrogens with zero attached hydrogens (tertiary/aromatic N) is 1. The second kappa shape index (κ2) is 5.18.